The topological polar surface area (TPSA) is 88.1 Å². The third-order valence-corrected chi connectivity index (χ3v) is 4.15. The van der Waals surface area contributed by atoms with Crippen molar-refractivity contribution in [3.05, 3.63) is 23.8 Å². The zero-order valence-electron chi connectivity index (χ0n) is 11.8. The number of ether oxygens (including phenoxy) is 1. The maximum atomic E-state index is 12.5. The Labute approximate surface area is 118 Å². The molecule has 1 aromatic carbocycles. The number of nitrogens with one attached hydrogen (secondary N) is 1. The highest BCUT2D eigenvalue weighted by Crippen LogP contribution is 2.39. The van der Waals surface area contributed by atoms with E-state index in [1.54, 1.807) is 18.2 Å². The van der Waals surface area contributed by atoms with Crippen molar-refractivity contribution in [2.45, 2.75) is 32.2 Å². The Kier molecular flexibility index (Phi) is 3.96. The van der Waals surface area contributed by atoms with Crippen LogP contribution in [0.5, 0.6) is 5.75 Å². The summed E-state index contributed by atoms with van der Waals surface area (Å²) in [5.41, 5.74) is 6.26. The van der Waals surface area contributed by atoms with Crippen molar-refractivity contribution in [2.24, 2.45) is 11.1 Å². The van der Waals surface area contributed by atoms with Gasteiger partial charge in [0.1, 0.15) is 17.5 Å². The van der Waals surface area contributed by atoms with Crippen LogP contribution in [-0.2, 0) is 4.79 Å². The predicted octanol–water partition coefficient (Wildman–Crippen LogP) is 2.02. The number of rotatable bonds is 3. The van der Waals surface area contributed by atoms with E-state index in [9.17, 15) is 4.79 Å². The van der Waals surface area contributed by atoms with Crippen LogP contribution in [0.2, 0.25) is 0 Å². The maximum Gasteiger partial charge on any atom is 0.232 e. The standard InChI is InChI=1S/C15H19N3O2/c1-15(8-4-7-12(15)17)14(19)18-13-10(9-16)5-3-6-11(13)20-2/h3,5-6,12H,4,7-8,17H2,1-2H3,(H,18,19). The van der Waals surface area contributed by atoms with Crippen LogP contribution in [0.15, 0.2) is 18.2 Å². The van der Waals surface area contributed by atoms with Crippen LogP contribution >= 0.6 is 0 Å². The van der Waals surface area contributed by atoms with Gasteiger partial charge in [0, 0.05) is 6.04 Å². The molecule has 1 saturated carbocycles. The molecule has 0 aromatic heterocycles. The van der Waals surface area contributed by atoms with Crippen molar-refractivity contribution in [1.29, 1.82) is 5.26 Å². The lowest BCUT2D eigenvalue weighted by Crippen LogP contribution is -2.44. The molecule has 0 bridgehead atoms. The molecule has 20 heavy (non-hydrogen) atoms. The molecule has 1 amide bonds. The first-order valence-corrected chi connectivity index (χ1v) is 6.67. The summed E-state index contributed by atoms with van der Waals surface area (Å²) in [6, 6.07) is 7.00. The number of methoxy groups -OCH3 is 1. The first-order valence-electron chi connectivity index (χ1n) is 6.67. The summed E-state index contributed by atoms with van der Waals surface area (Å²) in [6.45, 7) is 1.88. The Morgan fingerprint density at radius 2 is 2.35 bits per heavy atom. The summed E-state index contributed by atoms with van der Waals surface area (Å²) in [4.78, 5) is 12.5. The molecule has 1 aliphatic rings. The number of para-hydroxylation sites is 1. The van der Waals surface area contributed by atoms with Gasteiger partial charge in [-0.15, -0.1) is 0 Å². The van der Waals surface area contributed by atoms with Gasteiger partial charge in [-0.3, -0.25) is 4.79 Å². The summed E-state index contributed by atoms with van der Waals surface area (Å²) < 4.78 is 5.21. The second-order valence-corrected chi connectivity index (χ2v) is 5.36. The lowest BCUT2D eigenvalue weighted by atomic mass is 9.84. The molecule has 0 saturated heterocycles. The molecule has 0 radical (unpaired) electrons. The van der Waals surface area contributed by atoms with Gasteiger partial charge in [-0.2, -0.15) is 5.26 Å². The van der Waals surface area contributed by atoms with Crippen molar-refractivity contribution >= 4 is 11.6 Å². The van der Waals surface area contributed by atoms with Gasteiger partial charge in [-0.05, 0) is 31.9 Å². The van der Waals surface area contributed by atoms with Crippen molar-refractivity contribution in [2.75, 3.05) is 12.4 Å². The molecule has 0 heterocycles. The van der Waals surface area contributed by atoms with Crippen LogP contribution in [0, 0.1) is 16.7 Å². The lowest BCUT2D eigenvalue weighted by molar-refractivity contribution is -0.125. The highest BCUT2D eigenvalue weighted by atomic mass is 16.5. The highest BCUT2D eigenvalue weighted by molar-refractivity contribution is 5.98. The largest absolute Gasteiger partial charge is 0.495 e. The maximum absolute atomic E-state index is 12.5. The average Bonchev–Trinajstić information content (AvgIpc) is 2.80. The molecular formula is C15H19N3O2. The molecule has 106 valence electrons. The monoisotopic (exact) mass is 273 g/mol. The Balaban J connectivity index is 2.31. The number of benzene rings is 1. The highest BCUT2D eigenvalue weighted by Gasteiger charge is 2.43. The summed E-state index contributed by atoms with van der Waals surface area (Å²) in [5.74, 6) is 0.330. The van der Waals surface area contributed by atoms with E-state index in [0.29, 0.717) is 17.0 Å². The van der Waals surface area contributed by atoms with E-state index in [0.717, 1.165) is 19.3 Å². The SMILES string of the molecule is COc1cccc(C#N)c1NC(=O)C1(C)CCCC1N. The van der Waals surface area contributed by atoms with Gasteiger partial charge in [-0.1, -0.05) is 12.5 Å². The minimum Gasteiger partial charge on any atom is -0.495 e. The van der Waals surface area contributed by atoms with Crippen LogP contribution in [0.25, 0.3) is 0 Å². The smallest absolute Gasteiger partial charge is 0.232 e. The number of anilines is 1. The fourth-order valence-corrected chi connectivity index (χ4v) is 2.65. The third kappa shape index (κ3) is 2.35. The molecule has 1 aromatic rings. The molecule has 2 rings (SSSR count). The second kappa shape index (κ2) is 5.51. The number of nitrogens with two attached hydrogens (primary N) is 1. The number of carbonyl (C=O) groups excluding carboxylic acids is 1. The molecular weight excluding hydrogens is 254 g/mol. The van der Waals surface area contributed by atoms with Crippen molar-refractivity contribution < 1.29 is 9.53 Å². The third-order valence-electron chi connectivity index (χ3n) is 4.15. The molecule has 2 unspecified atom stereocenters. The van der Waals surface area contributed by atoms with Gasteiger partial charge in [0.2, 0.25) is 5.91 Å². The number of amides is 1. The van der Waals surface area contributed by atoms with Crippen molar-refractivity contribution in [3.63, 3.8) is 0 Å². The molecule has 1 fully saturated rings. The average molecular weight is 273 g/mol. The van der Waals surface area contributed by atoms with Gasteiger partial charge in [0.05, 0.1) is 18.1 Å². The van der Waals surface area contributed by atoms with E-state index in [2.05, 4.69) is 11.4 Å². The fraction of sp³-hybridized carbons (Fsp3) is 0.467. The molecule has 5 heteroatoms. The van der Waals surface area contributed by atoms with E-state index < -0.39 is 5.41 Å². The Morgan fingerprint density at radius 3 is 2.90 bits per heavy atom. The predicted molar refractivity (Wildman–Crippen MR) is 76.3 cm³/mol. The minimum atomic E-state index is -0.590. The number of nitriles is 1. The number of nitrogens with zero attached hydrogens (tertiary/aromatic N) is 1. The molecule has 1 aliphatic carbocycles. The summed E-state index contributed by atoms with van der Waals surface area (Å²) in [6.07, 6.45) is 2.56. The van der Waals surface area contributed by atoms with E-state index in [4.69, 9.17) is 15.7 Å². The summed E-state index contributed by atoms with van der Waals surface area (Å²) >= 11 is 0. The van der Waals surface area contributed by atoms with E-state index in [1.165, 1.54) is 7.11 Å². The van der Waals surface area contributed by atoms with Crippen LogP contribution in [0.1, 0.15) is 31.7 Å². The normalized spacial score (nSPS) is 25.0. The van der Waals surface area contributed by atoms with Crippen LogP contribution in [0.4, 0.5) is 5.69 Å². The molecule has 0 aliphatic heterocycles. The Hall–Kier alpha value is -2.06. The van der Waals surface area contributed by atoms with Crippen LogP contribution < -0.4 is 15.8 Å². The molecule has 3 N–H and O–H groups in total. The van der Waals surface area contributed by atoms with E-state index in [1.807, 2.05) is 6.92 Å². The zero-order valence-corrected chi connectivity index (χ0v) is 11.8. The Bertz CT molecular complexity index is 565. The fourth-order valence-electron chi connectivity index (χ4n) is 2.65. The van der Waals surface area contributed by atoms with Gasteiger partial charge in [0.15, 0.2) is 0 Å². The van der Waals surface area contributed by atoms with Gasteiger partial charge in [0.25, 0.3) is 0 Å². The first kappa shape index (κ1) is 14.4. The van der Waals surface area contributed by atoms with Crippen molar-refractivity contribution in [1.82, 2.24) is 0 Å². The first-order chi connectivity index (χ1) is 9.52. The van der Waals surface area contributed by atoms with Gasteiger partial charge < -0.3 is 15.8 Å². The summed E-state index contributed by atoms with van der Waals surface area (Å²) in [5, 5.41) is 12.0. The molecule has 2 atom stereocenters. The van der Waals surface area contributed by atoms with Crippen LogP contribution in [0.3, 0.4) is 0 Å². The minimum absolute atomic E-state index is 0.150. The van der Waals surface area contributed by atoms with E-state index >= 15 is 0 Å². The molecule has 5 nitrogen and oxygen atoms in total. The number of hydrogen-bond acceptors (Lipinski definition) is 4. The van der Waals surface area contributed by atoms with Crippen molar-refractivity contribution in [3.8, 4) is 11.8 Å². The summed E-state index contributed by atoms with van der Waals surface area (Å²) in [7, 11) is 1.51. The zero-order chi connectivity index (χ0) is 14.8. The quantitative estimate of drug-likeness (QED) is 0.881. The van der Waals surface area contributed by atoms with Gasteiger partial charge in [-0.25, -0.2) is 0 Å². The number of carbonyl (C=O) groups is 1. The second-order valence-electron chi connectivity index (χ2n) is 5.36. The Morgan fingerprint density at radius 1 is 1.60 bits per heavy atom. The van der Waals surface area contributed by atoms with Crippen LogP contribution in [-0.4, -0.2) is 19.1 Å². The van der Waals surface area contributed by atoms with Gasteiger partial charge >= 0.3 is 0 Å². The molecule has 0 spiro atoms. The lowest BCUT2D eigenvalue weighted by Gasteiger charge is -2.28. The number of hydrogen-bond donors (Lipinski definition) is 2. The van der Waals surface area contributed by atoms with E-state index in [-0.39, 0.29) is 11.9 Å².